The van der Waals surface area contributed by atoms with Crippen LogP contribution in [0.2, 0.25) is 0 Å². The SMILES string of the molecule is O=C(Cc1c[nH]c2ccccc12)N1CCC[C@H]1Cn1cccn1. The van der Waals surface area contributed by atoms with E-state index in [2.05, 4.69) is 16.1 Å². The van der Waals surface area contributed by atoms with E-state index >= 15 is 0 Å². The second-order valence-electron chi connectivity index (χ2n) is 6.15. The van der Waals surface area contributed by atoms with Gasteiger partial charge in [-0.05, 0) is 30.5 Å². The molecule has 3 aromatic rings. The molecule has 23 heavy (non-hydrogen) atoms. The summed E-state index contributed by atoms with van der Waals surface area (Å²) in [7, 11) is 0. The first-order valence-corrected chi connectivity index (χ1v) is 8.13. The molecule has 1 aliphatic heterocycles. The molecule has 3 heterocycles. The highest BCUT2D eigenvalue weighted by atomic mass is 16.2. The zero-order valence-electron chi connectivity index (χ0n) is 13.0. The number of hydrogen-bond donors (Lipinski definition) is 1. The zero-order chi connectivity index (χ0) is 15.6. The highest BCUT2D eigenvalue weighted by Crippen LogP contribution is 2.23. The van der Waals surface area contributed by atoms with Crippen LogP contribution in [0.5, 0.6) is 0 Å². The van der Waals surface area contributed by atoms with Crippen LogP contribution in [0.4, 0.5) is 0 Å². The van der Waals surface area contributed by atoms with Gasteiger partial charge in [0.1, 0.15) is 0 Å². The summed E-state index contributed by atoms with van der Waals surface area (Å²) < 4.78 is 1.92. The summed E-state index contributed by atoms with van der Waals surface area (Å²) in [4.78, 5) is 18.1. The van der Waals surface area contributed by atoms with Gasteiger partial charge in [0.25, 0.3) is 0 Å². The van der Waals surface area contributed by atoms with Crippen LogP contribution in [0.3, 0.4) is 0 Å². The molecule has 1 amide bonds. The molecule has 1 fully saturated rings. The molecule has 1 atom stereocenters. The standard InChI is InChI=1S/C18H20N4O/c23-18(11-14-12-19-17-7-2-1-6-16(14)17)22-10-3-5-15(22)13-21-9-4-8-20-21/h1-2,4,6-9,12,15,19H,3,5,10-11,13H2/t15-/m0/s1. The van der Waals surface area contributed by atoms with Gasteiger partial charge < -0.3 is 9.88 Å². The molecular formula is C18H20N4O. The van der Waals surface area contributed by atoms with E-state index in [9.17, 15) is 4.79 Å². The van der Waals surface area contributed by atoms with Crippen molar-refractivity contribution in [2.24, 2.45) is 0 Å². The van der Waals surface area contributed by atoms with Crippen LogP contribution < -0.4 is 0 Å². The van der Waals surface area contributed by atoms with Crippen LogP contribution >= 0.6 is 0 Å². The highest BCUT2D eigenvalue weighted by molar-refractivity contribution is 5.89. The maximum atomic E-state index is 12.8. The lowest BCUT2D eigenvalue weighted by Crippen LogP contribution is -2.39. The number of carbonyl (C=O) groups excluding carboxylic acids is 1. The topological polar surface area (TPSA) is 53.9 Å². The van der Waals surface area contributed by atoms with E-state index < -0.39 is 0 Å². The first-order chi connectivity index (χ1) is 11.3. The molecule has 0 bridgehead atoms. The first-order valence-electron chi connectivity index (χ1n) is 8.13. The van der Waals surface area contributed by atoms with Crippen molar-refractivity contribution < 1.29 is 4.79 Å². The molecule has 4 rings (SSSR count). The van der Waals surface area contributed by atoms with Crippen LogP contribution in [-0.4, -0.2) is 38.2 Å². The molecule has 0 unspecified atom stereocenters. The predicted octanol–water partition coefficient (Wildman–Crippen LogP) is 2.60. The molecule has 1 saturated heterocycles. The van der Waals surface area contributed by atoms with Gasteiger partial charge in [-0.15, -0.1) is 0 Å². The lowest BCUT2D eigenvalue weighted by molar-refractivity contribution is -0.131. The van der Waals surface area contributed by atoms with Gasteiger partial charge in [0.2, 0.25) is 5.91 Å². The third-order valence-corrected chi connectivity index (χ3v) is 4.67. The van der Waals surface area contributed by atoms with Crippen molar-refractivity contribution in [3.63, 3.8) is 0 Å². The maximum Gasteiger partial charge on any atom is 0.227 e. The fraction of sp³-hybridized carbons (Fsp3) is 0.333. The van der Waals surface area contributed by atoms with E-state index in [-0.39, 0.29) is 11.9 Å². The summed E-state index contributed by atoms with van der Waals surface area (Å²) in [6, 6.07) is 10.3. The fourth-order valence-corrected chi connectivity index (χ4v) is 3.52. The Labute approximate surface area is 134 Å². The van der Waals surface area contributed by atoms with E-state index in [1.54, 1.807) is 6.20 Å². The molecule has 2 aromatic heterocycles. The second kappa shape index (κ2) is 5.91. The van der Waals surface area contributed by atoms with E-state index in [1.165, 1.54) is 0 Å². The quantitative estimate of drug-likeness (QED) is 0.805. The Morgan fingerprint density at radius 3 is 3.09 bits per heavy atom. The molecule has 0 radical (unpaired) electrons. The van der Waals surface area contributed by atoms with Crippen molar-refractivity contribution in [3.05, 3.63) is 54.5 Å². The van der Waals surface area contributed by atoms with Gasteiger partial charge in [0.05, 0.1) is 19.0 Å². The molecule has 1 aliphatic rings. The maximum absolute atomic E-state index is 12.8. The Kier molecular flexibility index (Phi) is 3.61. The number of nitrogens with zero attached hydrogens (tertiary/aromatic N) is 3. The molecule has 1 N–H and O–H groups in total. The fourth-order valence-electron chi connectivity index (χ4n) is 3.52. The Bertz CT molecular complexity index is 805. The third-order valence-electron chi connectivity index (χ3n) is 4.67. The van der Waals surface area contributed by atoms with Crippen LogP contribution in [0.15, 0.2) is 48.9 Å². The molecule has 5 heteroatoms. The van der Waals surface area contributed by atoms with Crippen LogP contribution in [0.25, 0.3) is 10.9 Å². The number of hydrogen-bond acceptors (Lipinski definition) is 2. The lowest BCUT2D eigenvalue weighted by atomic mass is 10.1. The average Bonchev–Trinajstić information content (AvgIpc) is 3.29. The predicted molar refractivity (Wildman–Crippen MR) is 89.0 cm³/mol. The van der Waals surface area contributed by atoms with Crippen molar-refractivity contribution >= 4 is 16.8 Å². The number of likely N-dealkylation sites (tertiary alicyclic amines) is 1. The smallest absolute Gasteiger partial charge is 0.227 e. The Hall–Kier alpha value is -2.56. The summed E-state index contributed by atoms with van der Waals surface area (Å²) in [6.45, 7) is 1.64. The van der Waals surface area contributed by atoms with Gasteiger partial charge in [-0.25, -0.2) is 0 Å². The van der Waals surface area contributed by atoms with Gasteiger partial charge in [0, 0.05) is 36.0 Å². The average molecular weight is 308 g/mol. The van der Waals surface area contributed by atoms with Crippen molar-refractivity contribution in [1.29, 1.82) is 0 Å². The zero-order valence-corrected chi connectivity index (χ0v) is 13.0. The normalized spacial score (nSPS) is 17.9. The minimum Gasteiger partial charge on any atom is -0.361 e. The largest absolute Gasteiger partial charge is 0.361 e. The minimum atomic E-state index is 0.212. The second-order valence-corrected chi connectivity index (χ2v) is 6.15. The molecule has 0 spiro atoms. The summed E-state index contributed by atoms with van der Waals surface area (Å²) in [5.74, 6) is 0.212. The number of nitrogens with one attached hydrogen (secondary N) is 1. The number of rotatable bonds is 4. The Morgan fingerprint density at radius 1 is 1.30 bits per heavy atom. The van der Waals surface area contributed by atoms with Gasteiger partial charge >= 0.3 is 0 Å². The van der Waals surface area contributed by atoms with E-state index in [4.69, 9.17) is 0 Å². The molecular weight excluding hydrogens is 288 g/mol. The monoisotopic (exact) mass is 308 g/mol. The summed E-state index contributed by atoms with van der Waals surface area (Å²) in [5.41, 5.74) is 2.17. The molecule has 1 aromatic carbocycles. The Morgan fingerprint density at radius 2 is 2.22 bits per heavy atom. The van der Waals surface area contributed by atoms with Crippen molar-refractivity contribution in [2.45, 2.75) is 31.8 Å². The minimum absolute atomic E-state index is 0.212. The van der Waals surface area contributed by atoms with E-state index in [1.807, 2.05) is 46.2 Å². The summed E-state index contributed by atoms with van der Waals surface area (Å²) in [6.07, 6.45) is 8.29. The number of para-hydroxylation sites is 1. The van der Waals surface area contributed by atoms with Gasteiger partial charge in [0.15, 0.2) is 0 Å². The number of amides is 1. The lowest BCUT2D eigenvalue weighted by Gasteiger charge is -2.24. The molecule has 0 aliphatic carbocycles. The third kappa shape index (κ3) is 2.74. The molecule has 5 nitrogen and oxygen atoms in total. The number of carbonyl (C=O) groups is 1. The van der Waals surface area contributed by atoms with Gasteiger partial charge in [-0.3, -0.25) is 9.48 Å². The summed E-state index contributed by atoms with van der Waals surface area (Å²) in [5, 5.41) is 5.41. The van der Waals surface area contributed by atoms with Crippen LogP contribution in [0, 0.1) is 0 Å². The van der Waals surface area contributed by atoms with Crippen molar-refractivity contribution in [3.8, 4) is 0 Å². The van der Waals surface area contributed by atoms with Crippen LogP contribution in [0.1, 0.15) is 18.4 Å². The number of aromatic amines is 1. The van der Waals surface area contributed by atoms with Crippen molar-refractivity contribution in [1.82, 2.24) is 19.7 Å². The van der Waals surface area contributed by atoms with Crippen molar-refractivity contribution in [2.75, 3.05) is 6.54 Å². The molecule has 0 saturated carbocycles. The number of aromatic nitrogens is 3. The number of fused-ring (bicyclic) bond motifs is 1. The first kappa shape index (κ1) is 14.1. The van der Waals surface area contributed by atoms with E-state index in [0.717, 1.165) is 42.4 Å². The van der Waals surface area contributed by atoms with E-state index in [0.29, 0.717) is 6.42 Å². The summed E-state index contributed by atoms with van der Waals surface area (Å²) >= 11 is 0. The van der Waals surface area contributed by atoms with Crippen LogP contribution in [-0.2, 0) is 17.8 Å². The van der Waals surface area contributed by atoms with Gasteiger partial charge in [-0.2, -0.15) is 5.10 Å². The highest BCUT2D eigenvalue weighted by Gasteiger charge is 2.29. The molecule has 118 valence electrons. The van der Waals surface area contributed by atoms with Gasteiger partial charge in [-0.1, -0.05) is 18.2 Å². The number of benzene rings is 1. The Balaban J connectivity index is 1.49. The number of H-pyrrole nitrogens is 1.